The first kappa shape index (κ1) is 17.3. The highest BCUT2D eigenvalue weighted by atomic mass is 19.1. The van der Waals surface area contributed by atoms with Gasteiger partial charge in [0.05, 0.1) is 11.1 Å². The van der Waals surface area contributed by atoms with Gasteiger partial charge in [-0.25, -0.2) is 8.78 Å². The van der Waals surface area contributed by atoms with E-state index in [9.17, 15) is 18.4 Å². The third kappa shape index (κ3) is 3.92. The van der Waals surface area contributed by atoms with Crippen LogP contribution in [-0.4, -0.2) is 11.8 Å². The molecular formula is C20H14F2N2O2. The zero-order chi connectivity index (χ0) is 18.5. The predicted octanol–water partition coefficient (Wildman–Crippen LogP) is 4.47. The van der Waals surface area contributed by atoms with E-state index >= 15 is 0 Å². The van der Waals surface area contributed by atoms with Crippen LogP contribution in [0.5, 0.6) is 0 Å². The summed E-state index contributed by atoms with van der Waals surface area (Å²) >= 11 is 0. The van der Waals surface area contributed by atoms with Crippen molar-refractivity contribution in [3.8, 4) is 0 Å². The van der Waals surface area contributed by atoms with E-state index in [1.807, 2.05) is 0 Å². The molecule has 2 amide bonds. The van der Waals surface area contributed by atoms with E-state index < -0.39 is 23.4 Å². The molecule has 3 rings (SSSR count). The Labute approximate surface area is 148 Å². The Kier molecular flexibility index (Phi) is 5.03. The maximum atomic E-state index is 14.7. The summed E-state index contributed by atoms with van der Waals surface area (Å²) in [5, 5.41) is 5.03. The van der Waals surface area contributed by atoms with Crippen molar-refractivity contribution >= 4 is 23.2 Å². The number of carbonyl (C=O) groups excluding carboxylic acids is 2. The lowest BCUT2D eigenvalue weighted by molar-refractivity contribution is 0.102. The van der Waals surface area contributed by atoms with E-state index in [4.69, 9.17) is 0 Å². The van der Waals surface area contributed by atoms with Gasteiger partial charge in [-0.05, 0) is 48.5 Å². The summed E-state index contributed by atoms with van der Waals surface area (Å²) in [5.41, 5.74) is 0.295. The molecule has 0 spiro atoms. The van der Waals surface area contributed by atoms with Gasteiger partial charge >= 0.3 is 0 Å². The quantitative estimate of drug-likeness (QED) is 0.728. The van der Waals surface area contributed by atoms with E-state index in [-0.39, 0.29) is 11.1 Å². The van der Waals surface area contributed by atoms with Crippen LogP contribution in [0, 0.1) is 11.6 Å². The van der Waals surface area contributed by atoms with E-state index in [1.165, 1.54) is 42.5 Å². The van der Waals surface area contributed by atoms with Gasteiger partial charge in [0.25, 0.3) is 11.8 Å². The summed E-state index contributed by atoms with van der Waals surface area (Å²) in [6, 6.07) is 17.6. The van der Waals surface area contributed by atoms with E-state index in [1.54, 1.807) is 30.3 Å². The number of halogens is 2. The largest absolute Gasteiger partial charge is 0.322 e. The lowest BCUT2D eigenvalue weighted by Gasteiger charge is -2.10. The average Bonchev–Trinajstić information content (AvgIpc) is 2.64. The average molecular weight is 352 g/mol. The van der Waals surface area contributed by atoms with Gasteiger partial charge in [-0.3, -0.25) is 9.59 Å². The van der Waals surface area contributed by atoms with E-state index in [0.717, 1.165) is 0 Å². The maximum absolute atomic E-state index is 14.7. The molecule has 6 heteroatoms. The zero-order valence-electron chi connectivity index (χ0n) is 13.5. The Bertz CT molecular complexity index is 942. The summed E-state index contributed by atoms with van der Waals surface area (Å²) in [5.74, 6) is -2.78. The lowest BCUT2D eigenvalue weighted by atomic mass is 10.1. The molecule has 0 saturated carbocycles. The van der Waals surface area contributed by atoms with Crippen molar-refractivity contribution in [1.82, 2.24) is 0 Å². The molecular weight excluding hydrogens is 338 g/mol. The molecule has 0 fully saturated rings. The summed E-state index contributed by atoms with van der Waals surface area (Å²) in [4.78, 5) is 24.6. The number of nitrogens with one attached hydrogen (secondary N) is 2. The number of hydrogen-bond acceptors (Lipinski definition) is 2. The molecule has 0 aliphatic carbocycles. The highest BCUT2D eigenvalue weighted by Crippen LogP contribution is 2.17. The van der Waals surface area contributed by atoms with Gasteiger partial charge in [0.15, 0.2) is 0 Å². The number of para-hydroxylation sites is 1. The normalized spacial score (nSPS) is 10.2. The smallest absolute Gasteiger partial charge is 0.258 e. The molecule has 3 aromatic rings. The molecule has 0 radical (unpaired) electrons. The second kappa shape index (κ2) is 7.57. The molecule has 0 bridgehead atoms. The molecule has 3 aromatic carbocycles. The Balaban J connectivity index is 1.81. The van der Waals surface area contributed by atoms with Crippen molar-refractivity contribution in [2.45, 2.75) is 0 Å². The number of benzene rings is 3. The zero-order valence-corrected chi connectivity index (χ0v) is 13.5. The Morgan fingerprint density at radius 1 is 0.615 bits per heavy atom. The number of anilines is 2. The fourth-order valence-electron chi connectivity index (χ4n) is 2.33. The summed E-state index contributed by atoms with van der Waals surface area (Å²) in [7, 11) is 0. The number of hydrogen-bond donors (Lipinski definition) is 2. The third-order valence-electron chi connectivity index (χ3n) is 3.62. The van der Waals surface area contributed by atoms with Crippen LogP contribution in [0.1, 0.15) is 20.7 Å². The topological polar surface area (TPSA) is 58.2 Å². The Morgan fingerprint density at radius 2 is 1.12 bits per heavy atom. The first-order valence-corrected chi connectivity index (χ1v) is 7.76. The van der Waals surface area contributed by atoms with Gasteiger partial charge in [0.1, 0.15) is 11.6 Å². The maximum Gasteiger partial charge on any atom is 0.258 e. The standard InChI is InChI=1S/C20H14F2N2O2/c21-13-9-11-15(12-10-13)24-20(26)17-8-4-7-16(18(17)22)19(25)23-14-5-2-1-3-6-14/h1-12H,(H,23,25)(H,24,26). The minimum atomic E-state index is -0.930. The SMILES string of the molecule is O=C(Nc1ccccc1)c1cccc(C(=O)Nc2ccc(F)cc2)c1F. The van der Waals surface area contributed by atoms with Crippen molar-refractivity contribution in [2.75, 3.05) is 10.6 Å². The highest BCUT2D eigenvalue weighted by molar-refractivity contribution is 6.09. The Hall–Kier alpha value is -3.54. The first-order chi connectivity index (χ1) is 12.5. The second-order valence-corrected chi connectivity index (χ2v) is 5.45. The molecule has 0 aliphatic heterocycles. The molecule has 26 heavy (non-hydrogen) atoms. The summed E-state index contributed by atoms with van der Waals surface area (Å²) in [6.07, 6.45) is 0. The van der Waals surface area contributed by atoms with Crippen LogP contribution in [0.3, 0.4) is 0 Å². The molecule has 0 heterocycles. The van der Waals surface area contributed by atoms with Gasteiger partial charge in [-0.15, -0.1) is 0 Å². The van der Waals surface area contributed by atoms with Gasteiger partial charge in [-0.2, -0.15) is 0 Å². The molecule has 0 aliphatic rings. The van der Waals surface area contributed by atoms with Crippen LogP contribution < -0.4 is 10.6 Å². The van der Waals surface area contributed by atoms with Gasteiger partial charge in [0.2, 0.25) is 0 Å². The fourth-order valence-corrected chi connectivity index (χ4v) is 2.33. The molecule has 0 aromatic heterocycles. The highest BCUT2D eigenvalue weighted by Gasteiger charge is 2.19. The summed E-state index contributed by atoms with van der Waals surface area (Å²) in [6.45, 7) is 0. The van der Waals surface area contributed by atoms with Crippen molar-refractivity contribution in [2.24, 2.45) is 0 Å². The van der Waals surface area contributed by atoms with Gasteiger partial charge < -0.3 is 10.6 Å². The van der Waals surface area contributed by atoms with Gasteiger partial charge in [-0.1, -0.05) is 24.3 Å². The van der Waals surface area contributed by atoms with Crippen LogP contribution in [0.25, 0.3) is 0 Å². The molecule has 0 saturated heterocycles. The van der Waals surface area contributed by atoms with Crippen LogP contribution >= 0.6 is 0 Å². The minimum Gasteiger partial charge on any atom is -0.322 e. The number of amides is 2. The van der Waals surface area contributed by atoms with E-state index in [2.05, 4.69) is 10.6 Å². The van der Waals surface area contributed by atoms with Crippen molar-refractivity contribution in [1.29, 1.82) is 0 Å². The van der Waals surface area contributed by atoms with Crippen LogP contribution in [-0.2, 0) is 0 Å². The molecule has 130 valence electrons. The molecule has 0 unspecified atom stereocenters. The number of rotatable bonds is 4. The van der Waals surface area contributed by atoms with Crippen LogP contribution in [0.4, 0.5) is 20.2 Å². The third-order valence-corrected chi connectivity index (χ3v) is 3.62. The monoisotopic (exact) mass is 352 g/mol. The molecule has 0 atom stereocenters. The van der Waals surface area contributed by atoms with Crippen molar-refractivity contribution < 1.29 is 18.4 Å². The Morgan fingerprint density at radius 3 is 1.65 bits per heavy atom. The predicted molar refractivity (Wildman–Crippen MR) is 95.1 cm³/mol. The van der Waals surface area contributed by atoms with Crippen LogP contribution in [0.2, 0.25) is 0 Å². The van der Waals surface area contributed by atoms with E-state index in [0.29, 0.717) is 11.4 Å². The van der Waals surface area contributed by atoms with Gasteiger partial charge in [0, 0.05) is 11.4 Å². The second-order valence-electron chi connectivity index (χ2n) is 5.45. The molecule has 4 nitrogen and oxygen atoms in total. The number of carbonyl (C=O) groups is 2. The first-order valence-electron chi connectivity index (χ1n) is 7.76. The molecule has 2 N–H and O–H groups in total. The fraction of sp³-hybridized carbons (Fsp3) is 0. The summed E-state index contributed by atoms with van der Waals surface area (Å²) < 4.78 is 27.6. The minimum absolute atomic E-state index is 0.249. The lowest BCUT2D eigenvalue weighted by Crippen LogP contribution is -2.19. The van der Waals surface area contributed by atoms with Crippen LogP contribution in [0.15, 0.2) is 72.8 Å². The van der Waals surface area contributed by atoms with Crippen molar-refractivity contribution in [3.05, 3.63) is 95.6 Å². The van der Waals surface area contributed by atoms with Crippen molar-refractivity contribution in [3.63, 3.8) is 0 Å².